The summed E-state index contributed by atoms with van der Waals surface area (Å²) in [6.45, 7) is 3.97. The van der Waals surface area contributed by atoms with E-state index >= 15 is 0 Å². The monoisotopic (exact) mass is 388 g/mol. The Labute approximate surface area is 150 Å². The third-order valence-corrected chi connectivity index (χ3v) is 5.12. The molecule has 1 aliphatic rings. The molecule has 0 bridgehead atoms. The van der Waals surface area contributed by atoms with Gasteiger partial charge in [-0.2, -0.15) is 0 Å². The van der Waals surface area contributed by atoms with E-state index in [4.69, 9.17) is 0 Å². The number of aromatic nitrogens is 2. The Balaban J connectivity index is 1.74. The predicted octanol–water partition coefficient (Wildman–Crippen LogP) is 4.18. The molecule has 0 spiro atoms. The molecule has 1 aliphatic heterocycles. The molecular weight excluding hydrogens is 368 g/mol. The number of rotatable bonds is 3. The number of benzene rings is 1. The maximum absolute atomic E-state index is 12.5. The lowest BCUT2D eigenvalue weighted by molar-refractivity contribution is 0.102. The van der Waals surface area contributed by atoms with Crippen LogP contribution in [0.15, 0.2) is 35.1 Å². The van der Waals surface area contributed by atoms with Crippen molar-refractivity contribution in [3.05, 3.63) is 46.3 Å². The highest BCUT2D eigenvalue weighted by Gasteiger charge is 2.15. The molecule has 0 unspecified atom stereocenters. The number of halogens is 1. The number of carbonyl (C=O) groups excluding carboxylic acids is 1. The molecule has 0 aliphatic carbocycles. The van der Waals surface area contributed by atoms with Crippen LogP contribution in [-0.2, 0) is 0 Å². The summed E-state index contributed by atoms with van der Waals surface area (Å²) in [5.74, 6) is 0.624. The molecule has 0 atom stereocenters. The minimum Gasteiger partial charge on any atom is -0.357 e. The fourth-order valence-electron chi connectivity index (χ4n) is 2.86. The molecule has 1 aromatic heterocycles. The van der Waals surface area contributed by atoms with Gasteiger partial charge in [-0.15, -0.1) is 0 Å². The van der Waals surface area contributed by atoms with Gasteiger partial charge in [0.15, 0.2) is 0 Å². The minimum absolute atomic E-state index is 0.213. The number of nitrogens with one attached hydrogen (secondary N) is 1. The number of nitrogens with zero attached hydrogens (tertiary/aromatic N) is 3. The Morgan fingerprint density at radius 2 is 1.88 bits per heavy atom. The van der Waals surface area contributed by atoms with E-state index in [1.165, 1.54) is 32.0 Å². The van der Waals surface area contributed by atoms with E-state index in [0.717, 1.165) is 34.6 Å². The van der Waals surface area contributed by atoms with Crippen molar-refractivity contribution in [1.82, 2.24) is 9.97 Å². The number of anilines is 2. The number of carbonyl (C=O) groups is 1. The third kappa shape index (κ3) is 4.12. The quantitative estimate of drug-likeness (QED) is 0.856. The van der Waals surface area contributed by atoms with Crippen molar-refractivity contribution in [3.63, 3.8) is 0 Å². The molecule has 2 heterocycles. The summed E-state index contributed by atoms with van der Waals surface area (Å²) < 4.78 is 1.02. The van der Waals surface area contributed by atoms with Crippen molar-refractivity contribution in [3.8, 4) is 0 Å². The van der Waals surface area contributed by atoms with Crippen LogP contribution in [0.25, 0.3) is 0 Å². The molecule has 0 radical (unpaired) electrons. The van der Waals surface area contributed by atoms with Crippen LogP contribution in [0, 0.1) is 6.92 Å². The summed E-state index contributed by atoms with van der Waals surface area (Å²) in [7, 11) is 0. The van der Waals surface area contributed by atoms with Crippen molar-refractivity contribution in [2.24, 2.45) is 0 Å². The van der Waals surface area contributed by atoms with E-state index in [2.05, 4.69) is 36.1 Å². The van der Waals surface area contributed by atoms with Gasteiger partial charge in [-0.1, -0.05) is 28.8 Å². The van der Waals surface area contributed by atoms with Gasteiger partial charge in [0.05, 0.1) is 0 Å². The van der Waals surface area contributed by atoms with Gasteiger partial charge < -0.3 is 10.2 Å². The molecule has 0 saturated carbocycles. The second-order valence-electron chi connectivity index (χ2n) is 6.08. The molecule has 1 aromatic carbocycles. The molecule has 1 amide bonds. The summed E-state index contributed by atoms with van der Waals surface area (Å²) in [6.07, 6.45) is 6.34. The van der Waals surface area contributed by atoms with E-state index in [0.29, 0.717) is 5.69 Å². The fourth-order valence-corrected chi connectivity index (χ4v) is 3.11. The van der Waals surface area contributed by atoms with Gasteiger partial charge >= 0.3 is 0 Å². The van der Waals surface area contributed by atoms with Crippen molar-refractivity contribution >= 4 is 33.3 Å². The van der Waals surface area contributed by atoms with Crippen LogP contribution in [0.1, 0.15) is 41.7 Å². The Bertz CT molecular complexity index is 727. The van der Waals surface area contributed by atoms with Crippen LogP contribution < -0.4 is 10.2 Å². The fraction of sp³-hybridized carbons (Fsp3) is 0.389. The number of amides is 1. The largest absolute Gasteiger partial charge is 0.357 e. The average Bonchev–Trinajstić information content (AvgIpc) is 2.88. The summed E-state index contributed by atoms with van der Waals surface area (Å²) in [5.41, 5.74) is 2.22. The summed E-state index contributed by atoms with van der Waals surface area (Å²) in [5, 5.41) is 2.90. The first-order valence-electron chi connectivity index (χ1n) is 8.28. The van der Waals surface area contributed by atoms with Crippen LogP contribution in [0.4, 0.5) is 11.5 Å². The molecule has 5 nitrogen and oxygen atoms in total. The van der Waals surface area contributed by atoms with Crippen LogP contribution in [0.3, 0.4) is 0 Å². The van der Waals surface area contributed by atoms with Gasteiger partial charge in [0.2, 0.25) is 0 Å². The average molecular weight is 389 g/mol. The Morgan fingerprint density at radius 3 is 2.58 bits per heavy atom. The molecule has 24 heavy (non-hydrogen) atoms. The van der Waals surface area contributed by atoms with E-state index in [-0.39, 0.29) is 5.91 Å². The smallest absolute Gasteiger partial charge is 0.274 e. The SMILES string of the molecule is Cc1cc(NC(=O)c2cc(N3CCCCCC3)ncn2)ccc1Br. The third-order valence-electron chi connectivity index (χ3n) is 4.23. The summed E-state index contributed by atoms with van der Waals surface area (Å²) in [6, 6.07) is 7.50. The zero-order valence-electron chi connectivity index (χ0n) is 13.8. The van der Waals surface area contributed by atoms with E-state index in [1.54, 1.807) is 6.07 Å². The zero-order valence-corrected chi connectivity index (χ0v) is 15.3. The molecule has 6 heteroatoms. The molecule has 126 valence electrons. The number of aryl methyl sites for hydroxylation is 1. The lowest BCUT2D eigenvalue weighted by atomic mass is 10.2. The Morgan fingerprint density at radius 1 is 1.12 bits per heavy atom. The Kier molecular flexibility index (Phi) is 5.45. The van der Waals surface area contributed by atoms with Crippen LogP contribution in [-0.4, -0.2) is 29.0 Å². The van der Waals surface area contributed by atoms with Crippen molar-refractivity contribution in [2.75, 3.05) is 23.3 Å². The highest BCUT2D eigenvalue weighted by atomic mass is 79.9. The van der Waals surface area contributed by atoms with E-state index < -0.39 is 0 Å². The number of hydrogen-bond donors (Lipinski definition) is 1. The number of hydrogen-bond acceptors (Lipinski definition) is 4. The maximum atomic E-state index is 12.5. The molecular formula is C18H21BrN4O. The highest BCUT2D eigenvalue weighted by molar-refractivity contribution is 9.10. The Hall–Kier alpha value is -1.95. The van der Waals surface area contributed by atoms with Crippen molar-refractivity contribution < 1.29 is 4.79 Å². The second kappa shape index (κ2) is 7.75. The standard InChI is InChI=1S/C18H21BrN4O/c1-13-10-14(6-7-15(13)19)22-18(24)16-11-17(21-12-20-16)23-8-4-2-3-5-9-23/h6-7,10-12H,2-5,8-9H2,1H3,(H,22,24). The van der Waals surface area contributed by atoms with Crippen LogP contribution in [0.2, 0.25) is 0 Å². The van der Waals surface area contributed by atoms with Gasteiger partial charge in [-0.25, -0.2) is 9.97 Å². The lowest BCUT2D eigenvalue weighted by Gasteiger charge is -2.21. The second-order valence-corrected chi connectivity index (χ2v) is 6.94. The van der Waals surface area contributed by atoms with Gasteiger partial charge in [-0.05, 0) is 43.5 Å². The minimum atomic E-state index is -0.213. The lowest BCUT2D eigenvalue weighted by Crippen LogP contribution is -2.25. The van der Waals surface area contributed by atoms with Gasteiger partial charge in [0.25, 0.3) is 5.91 Å². The molecule has 3 rings (SSSR count). The predicted molar refractivity (Wildman–Crippen MR) is 99.5 cm³/mol. The molecule has 1 fully saturated rings. The zero-order chi connectivity index (χ0) is 16.9. The van der Waals surface area contributed by atoms with Gasteiger partial charge in [0.1, 0.15) is 17.8 Å². The molecule has 2 aromatic rings. The van der Waals surface area contributed by atoms with Crippen LogP contribution >= 0.6 is 15.9 Å². The normalized spacial score (nSPS) is 15.0. The van der Waals surface area contributed by atoms with Gasteiger partial charge in [0, 0.05) is 29.3 Å². The van der Waals surface area contributed by atoms with Crippen molar-refractivity contribution in [1.29, 1.82) is 0 Å². The van der Waals surface area contributed by atoms with Crippen LogP contribution in [0.5, 0.6) is 0 Å². The van der Waals surface area contributed by atoms with E-state index in [1.807, 2.05) is 25.1 Å². The van der Waals surface area contributed by atoms with Gasteiger partial charge in [-0.3, -0.25) is 4.79 Å². The highest BCUT2D eigenvalue weighted by Crippen LogP contribution is 2.21. The first-order chi connectivity index (χ1) is 11.6. The first-order valence-corrected chi connectivity index (χ1v) is 9.07. The molecule has 1 saturated heterocycles. The summed E-state index contributed by atoms with van der Waals surface area (Å²) in [4.78, 5) is 23.2. The van der Waals surface area contributed by atoms with E-state index in [9.17, 15) is 4.79 Å². The summed E-state index contributed by atoms with van der Waals surface area (Å²) >= 11 is 3.46. The topological polar surface area (TPSA) is 58.1 Å². The maximum Gasteiger partial charge on any atom is 0.274 e. The van der Waals surface area contributed by atoms with Crippen molar-refractivity contribution in [2.45, 2.75) is 32.6 Å². The molecule has 1 N–H and O–H groups in total. The first kappa shape index (κ1) is 16.9.